The van der Waals surface area contributed by atoms with E-state index in [4.69, 9.17) is 10.5 Å². The van der Waals surface area contributed by atoms with Gasteiger partial charge in [-0.05, 0) is 18.8 Å². The lowest BCUT2D eigenvalue weighted by Crippen LogP contribution is -2.64. The molecule has 1 aliphatic carbocycles. The number of aliphatic hydroxyl groups is 1. The Hall–Kier alpha value is -0.120. The largest absolute Gasteiger partial charge is 0.388 e. The van der Waals surface area contributed by atoms with Crippen LogP contribution in [0.2, 0.25) is 0 Å². The average Bonchev–Trinajstić information content (AvgIpc) is 2.18. The summed E-state index contributed by atoms with van der Waals surface area (Å²) in [5.41, 5.74) is 5.41. The minimum Gasteiger partial charge on any atom is -0.388 e. The second-order valence-electron chi connectivity index (χ2n) is 5.50. The normalized spacial score (nSPS) is 41.4. The van der Waals surface area contributed by atoms with Crippen LogP contribution in [-0.2, 0) is 4.74 Å². The molecule has 1 saturated heterocycles. The van der Waals surface area contributed by atoms with Crippen molar-refractivity contribution in [1.82, 2.24) is 0 Å². The van der Waals surface area contributed by atoms with Crippen LogP contribution in [0, 0.1) is 5.92 Å². The molecule has 2 atom stereocenters. The molecule has 0 spiro atoms. The summed E-state index contributed by atoms with van der Waals surface area (Å²) >= 11 is 0. The van der Waals surface area contributed by atoms with Crippen molar-refractivity contribution in [2.45, 2.75) is 56.6 Å². The molecule has 0 amide bonds. The van der Waals surface area contributed by atoms with Gasteiger partial charge in [0, 0.05) is 31.6 Å². The van der Waals surface area contributed by atoms with E-state index in [-0.39, 0.29) is 5.54 Å². The average molecular weight is 213 g/mol. The van der Waals surface area contributed by atoms with Crippen molar-refractivity contribution < 1.29 is 9.84 Å². The molecule has 88 valence electrons. The zero-order valence-electron chi connectivity index (χ0n) is 9.67. The zero-order chi connectivity index (χ0) is 10.9. The summed E-state index contributed by atoms with van der Waals surface area (Å²) in [6, 6.07) is 0. The van der Waals surface area contributed by atoms with Crippen LogP contribution in [0.25, 0.3) is 0 Å². The van der Waals surface area contributed by atoms with Crippen LogP contribution in [0.1, 0.15) is 45.4 Å². The Morgan fingerprint density at radius 1 is 1.27 bits per heavy atom. The third-order valence-corrected chi connectivity index (χ3v) is 4.28. The molecule has 2 aliphatic rings. The standard InChI is InChI=1S/C12H23NO2/c1-10-3-2-4-11(13,9-10)12(14)5-7-15-8-6-12/h10,14H,2-9,13H2,1H3. The molecule has 0 aromatic rings. The van der Waals surface area contributed by atoms with Crippen molar-refractivity contribution in [3.8, 4) is 0 Å². The minimum absolute atomic E-state index is 0.367. The molecule has 1 saturated carbocycles. The van der Waals surface area contributed by atoms with Gasteiger partial charge in [-0.15, -0.1) is 0 Å². The van der Waals surface area contributed by atoms with Crippen molar-refractivity contribution in [2.24, 2.45) is 11.7 Å². The van der Waals surface area contributed by atoms with E-state index in [1.807, 2.05) is 0 Å². The molecular weight excluding hydrogens is 190 g/mol. The molecule has 15 heavy (non-hydrogen) atoms. The molecule has 1 aliphatic heterocycles. The summed E-state index contributed by atoms with van der Waals surface area (Å²) in [6.07, 6.45) is 5.75. The maximum absolute atomic E-state index is 10.7. The molecule has 0 bridgehead atoms. The Labute approximate surface area is 92.0 Å². The molecule has 3 N–H and O–H groups in total. The van der Waals surface area contributed by atoms with Crippen LogP contribution < -0.4 is 5.73 Å². The highest BCUT2D eigenvalue weighted by Gasteiger charge is 2.49. The highest BCUT2D eigenvalue weighted by molar-refractivity contribution is 5.06. The van der Waals surface area contributed by atoms with Gasteiger partial charge >= 0.3 is 0 Å². The maximum Gasteiger partial charge on any atom is 0.0870 e. The number of rotatable bonds is 1. The molecule has 0 aromatic heterocycles. The first-order valence-electron chi connectivity index (χ1n) is 6.15. The van der Waals surface area contributed by atoms with Crippen LogP contribution in [0.4, 0.5) is 0 Å². The lowest BCUT2D eigenvalue weighted by molar-refractivity contribution is -0.123. The second kappa shape index (κ2) is 4.04. The molecule has 2 unspecified atom stereocenters. The molecule has 3 nitrogen and oxygen atoms in total. The van der Waals surface area contributed by atoms with Crippen molar-refractivity contribution in [3.63, 3.8) is 0 Å². The Morgan fingerprint density at radius 2 is 1.93 bits per heavy atom. The van der Waals surface area contributed by atoms with E-state index in [0.717, 1.165) is 19.3 Å². The van der Waals surface area contributed by atoms with Gasteiger partial charge in [0.2, 0.25) is 0 Å². The van der Waals surface area contributed by atoms with Gasteiger partial charge in [0.05, 0.1) is 5.60 Å². The minimum atomic E-state index is -0.681. The third-order valence-electron chi connectivity index (χ3n) is 4.28. The van der Waals surface area contributed by atoms with Crippen LogP contribution in [0.3, 0.4) is 0 Å². The van der Waals surface area contributed by atoms with E-state index >= 15 is 0 Å². The van der Waals surface area contributed by atoms with Gasteiger partial charge in [0.1, 0.15) is 0 Å². The molecule has 0 aromatic carbocycles. The number of hydrogen-bond donors (Lipinski definition) is 2. The summed E-state index contributed by atoms with van der Waals surface area (Å²) in [4.78, 5) is 0. The fourth-order valence-electron chi connectivity index (χ4n) is 3.22. The molecule has 2 rings (SSSR count). The van der Waals surface area contributed by atoms with E-state index in [1.165, 1.54) is 6.42 Å². The van der Waals surface area contributed by atoms with Crippen LogP contribution in [0.5, 0.6) is 0 Å². The lowest BCUT2D eigenvalue weighted by atomic mass is 9.65. The van der Waals surface area contributed by atoms with E-state index in [1.54, 1.807) is 0 Å². The summed E-state index contributed by atoms with van der Waals surface area (Å²) in [7, 11) is 0. The zero-order valence-corrected chi connectivity index (χ0v) is 9.67. The van der Waals surface area contributed by atoms with E-state index in [0.29, 0.717) is 32.0 Å². The molecular formula is C12H23NO2. The smallest absolute Gasteiger partial charge is 0.0870 e. The summed E-state index contributed by atoms with van der Waals surface area (Å²) in [5.74, 6) is 0.649. The van der Waals surface area contributed by atoms with Crippen molar-refractivity contribution in [3.05, 3.63) is 0 Å². The van der Waals surface area contributed by atoms with Crippen LogP contribution in [-0.4, -0.2) is 29.5 Å². The Bertz CT molecular complexity index is 226. The molecule has 2 fully saturated rings. The van der Waals surface area contributed by atoms with Crippen molar-refractivity contribution in [2.75, 3.05) is 13.2 Å². The topological polar surface area (TPSA) is 55.5 Å². The quantitative estimate of drug-likeness (QED) is 0.693. The van der Waals surface area contributed by atoms with Gasteiger partial charge in [-0.1, -0.05) is 19.8 Å². The maximum atomic E-state index is 10.7. The molecule has 0 radical (unpaired) electrons. The van der Waals surface area contributed by atoms with E-state index in [2.05, 4.69) is 6.92 Å². The van der Waals surface area contributed by atoms with Gasteiger partial charge in [-0.3, -0.25) is 0 Å². The number of ether oxygens (including phenoxy) is 1. The fourth-order valence-corrected chi connectivity index (χ4v) is 3.22. The van der Waals surface area contributed by atoms with Crippen molar-refractivity contribution in [1.29, 1.82) is 0 Å². The number of nitrogens with two attached hydrogens (primary N) is 1. The van der Waals surface area contributed by atoms with E-state index < -0.39 is 5.60 Å². The van der Waals surface area contributed by atoms with Crippen LogP contribution in [0.15, 0.2) is 0 Å². The van der Waals surface area contributed by atoms with Crippen LogP contribution >= 0.6 is 0 Å². The Kier molecular flexibility index (Phi) is 3.06. The van der Waals surface area contributed by atoms with Crippen molar-refractivity contribution >= 4 is 0 Å². The highest BCUT2D eigenvalue weighted by Crippen LogP contribution is 2.42. The third kappa shape index (κ3) is 2.05. The van der Waals surface area contributed by atoms with Gasteiger partial charge in [0.15, 0.2) is 0 Å². The predicted molar refractivity (Wildman–Crippen MR) is 59.6 cm³/mol. The SMILES string of the molecule is CC1CCCC(N)(C2(O)CCOCC2)C1. The predicted octanol–water partition coefficient (Wildman–Crippen LogP) is 1.44. The first kappa shape index (κ1) is 11.4. The summed E-state index contributed by atoms with van der Waals surface area (Å²) in [5, 5.41) is 10.7. The van der Waals surface area contributed by atoms with Gasteiger partial charge in [-0.2, -0.15) is 0 Å². The fraction of sp³-hybridized carbons (Fsp3) is 1.00. The van der Waals surface area contributed by atoms with Gasteiger partial charge in [-0.25, -0.2) is 0 Å². The Morgan fingerprint density at radius 3 is 2.53 bits per heavy atom. The summed E-state index contributed by atoms with van der Waals surface area (Å²) in [6.45, 7) is 3.55. The highest BCUT2D eigenvalue weighted by atomic mass is 16.5. The molecule has 3 heteroatoms. The second-order valence-corrected chi connectivity index (χ2v) is 5.50. The van der Waals surface area contributed by atoms with Gasteiger partial charge < -0.3 is 15.6 Å². The van der Waals surface area contributed by atoms with Gasteiger partial charge in [0.25, 0.3) is 0 Å². The Balaban J connectivity index is 2.11. The first-order chi connectivity index (χ1) is 7.06. The molecule has 1 heterocycles. The number of hydrogen-bond acceptors (Lipinski definition) is 3. The summed E-state index contributed by atoms with van der Waals surface area (Å²) < 4.78 is 5.31. The first-order valence-corrected chi connectivity index (χ1v) is 6.15. The monoisotopic (exact) mass is 213 g/mol. The van der Waals surface area contributed by atoms with E-state index in [9.17, 15) is 5.11 Å². The lowest BCUT2D eigenvalue weighted by Gasteiger charge is -2.50.